The summed E-state index contributed by atoms with van der Waals surface area (Å²) in [6.45, 7) is 0.702. The molecule has 162 valence electrons. The van der Waals surface area contributed by atoms with Crippen LogP contribution in [0.15, 0.2) is 43.2 Å². The molecule has 31 heavy (non-hydrogen) atoms. The van der Waals surface area contributed by atoms with Gasteiger partial charge in [0.1, 0.15) is 0 Å². The summed E-state index contributed by atoms with van der Waals surface area (Å²) >= 11 is 0. The van der Waals surface area contributed by atoms with Crippen LogP contribution in [-0.4, -0.2) is 61.1 Å². The first-order chi connectivity index (χ1) is 14.9. The summed E-state index contributed by atoms with van der Waals surface area (Å²) in [7, 11) is 0. The van der Waals surface area contributed by atoms with Gasteiger partial charge in [-0.2, -0.15) is 0 Å². The van der Waals surface area contributed by atoms with Gasteiger partial charge in [-0.3, -0.25) is 9.59 Å². The number of imidazole rings is 2. The molecule has 8 nitrogen and oxygen atoms in total. The van der Waals surface area contributed by atoms with Crippen LogP contribution in [-0.2, 0) is 0 Å². The van der Waals surface area contributed by atoms with Gasteiger partial charge in [0.25, 0.3) is 17.7 Å². The number of hydrogen-bond acceptors (Lipinski definition) is 4. The van der Waals surface area contributed by atoms with Gasteiger partial charge in [0.2, 0.25) is 0 Å². The van der Waals surface area contributed by atoms with E-state index < -0.39 is 23.8 Å². The highest BCUT2D eigenvalue weighted by atomic mass is 19.3. The van der Waals surface area contributed by atoms with E-state index in [0.29, 0.717) is 30.5 Å². The van der Waals surface area contributed by atoms with Crippen molar-refractivity contribution in [1.29, 1.82) is 0 Å². The number of H-pyrrole nitrogens is 1. The maximum Gasteiger partial charge on any atom is 0.287 e. The second-order valence-corrected chi connectivity index (χ2v) is 8.32. The minimum absolute atomic E-state index is 0.103. The lowest BCUT2D eigenvalue weighted by Crippen LogP contribution is -2.54. The molecule has 0 aromatic carbocycles. The fourth-order valence-electron chi connectivity index (χ4n) is 4.45. The zero-order valence-electron chi connectivity index (χ0n) is 16.7. The molecule has 10 heteroatoms. The van der Waals surface area contributed by atoms with E-state index in [2.05, 4.69) is 20.3 Å². The van der Waals surface area contributed by atoms with Crippen molar-refractivity contribution in [2.75, 3.05) is 13.1 Å². The number of pyridine rings is 1. The van der Waals surface area contributed by atoms with Gasteiger partial charge in [0, 0.05) is 50.1 Å². The first-order valence-corrected chi connectivity index (χ1v) is 10.3. The quantitative estimate of drug-likeness (QED) is 0.652. The van der Waals surface area contributed by atoms with Gasteiger partial charge in [-0.15, -0.1) is 0 Å². The van der Waals surface area contributed by atoms with Crippen LogP contribution >= 0.6 is 0 Å². The molecular formula is C21H22F2N6O2. The van der Waals surface area contributed by atoms with E-state index in [-0.39, 0.29) is 30.6 Å². The summed E-state index contributed by atoms with van der Waals surface area (Å²) in [5.74, 6) is -3.81. The van der Waals surface area contributed by atoms with Crippen LogP contribution in [0.25, 0.3) is 5.52 Å². The Kier molecular flexibility index (Phi) is 4.71. The molecule has 1 unspecified atom stereocenters. The topological polar surface area (TPSA) is 95.4 Å². The van der Waals surface area contributed by atoms with E-state index in [1.54, 1.807) is 40.2 Å². The number of carbonyl (C=O) groups excluding carboxylic acids is 2. The van der Waals surface area contributed by atoms with E-state index in [9.17, 15) is 18.4 Å². The van der Waals surface area contributed by atoms with Gasteiger partial charge in [0.15, 0.2) is 5.82 Å². The summed E-state index contributed by atoms with van der Waals surface area (Å²) in [6.07, 6.45) is 8.86. The van der Waals surface area contributed by atoms with E-state index in [1.165, 1.54) is 6.20 Å². The van der Waals surface area contributed by atoms with Crippen molar-refractivity contribution in [3.63, 3.8) is 0 Å². The standard InChI is InChI=1S/C21H22F2N6O2/c22-21(23)9-14(21)8-13-3-7-28(11-16(13)27-19(30)18-25-4-5-26-18)20(31)15-2-1-6-29-12-24-10-17(15)29/h1-2,4-6,10,12-14,16H,3,7-9,11H2,(H,25,26)(H,27,30)/t13-,14?,16+/m0/s1. The molecule has 2 N–H and O–H groups in total. The van der Waals surface area contributed by atoms with Gasteiger partial charge in [-0.1, -0.05) is 0 Å². The minimum atomic E-state index is -2.61. The first-order valence-electron chi connectivity index (χ1n) is 10.3. The number of piperidine rings is 1. The molecule has 5 rings (SSSR count). The third kappa shape index (κ3) is 3.77. The van der Waals surface area contributed by atoms with Crippen molar-refractivity contribution in [1.82, 2.24) is 29.6 Å². The number of alkyl halides is 2. The van der Waals surface area contributed by atoms with Gasteiger partial charge in [-0.25, -0.2) is 18.7 Å². The largest absolute Gasteiger partial charge is 0.345 e. The van der Waals surface area contributed by atoms with Crippen LogP contribution in [0.5, 0.6) is 0 Å². The Morgan fingerprint density at radius 2 is 2.19 bits per heavy atom. The van der Waals surface area contributed by atoms with Crippen LogP contribution in [0.1, 0.15) is 40.2 Å². The van der Waals surface area contributed by atoms with Crippen molar-refractivity contribution in [3.8, 4) is 0 Å². The highest BCUT2D eigenvalue weighted by molar-refractivity contribution is 6.00. The highest BCUT2D eigenvalue weighted by Gasteiger charge is 2.57. The summed E-state index contributed by atoms with van der Waals surface area (Å²) in [5.41, 5.74) is 1.21. The zero-order valence-corrected chi connectivity index (χ0v) is 16.7. The predicted molar refractivity (Wildman–Crippen MR) is 107 cm³/mol. The Balaban J connectivity index is 1.35. The van der Waals surface area contributed by atoms with Crippen LogP contribution in [0.4, 0.5) is 8.78 Å². The fourth-order valence-corrected chi connectivity index (χ4v) is 4.45. The van der Waals surface area contributed by atoms with Crippen LogP contribution in [0, 0.1) is 11.8 Å². The number of halogens is 2. The Morgan fingerprint density at radius 1 is 1.35 bits per heavy atom. The average Bonchev–Trinajstić information content (AvgIpc) is 3.22. The molecule has 2 fully saturated rings. The van der Waals surface area contributed by atoms with Gasteiger partial charge < -0.3 is 19.6 Å². The van der Waals surface area contributed by atoms with Gasteiger partial charge in [-0.05, 0) is 30.9 Å². The molecule has 1 aliphatic heterocycles. The number of likely N-dealkylation sites (tertiary alicyclic amines) is 1. The molecule has 1 saturated carbocycles. The molecule has 2 aliphatic rings. The average molecular weight is 428 g/mol. The van der Waals surface area contributed by atoms with E-state index in [4.69, 9.17) is 0 Å². The van der Waals surface area contributed by atoms with Crippen LogP contribution in [0.3, 0.4) is 0 Å². The Labute approximate surface area is 176 Å². The fraction of sp³-hybridized carbons (Fsp3) is 0.429. The summed E-state index contributed by atoms with van der Waals surface area (Å²) in [4.78, 5) is 38.3. The van der Waals surface area contributed by atoms with E-state index >= 15 is 0 Å². The minimum Gasteiger partial charge on any atom is -0.345 e. The van der Waals surface area contributed by atoms with Crippen molar-refractivity contribution in [2.45, 2.75) is 31.2 Å². The van der Waals surface area contributed by atoms with Crippen LogP contribution in [0.2, 0.25) is 0 Å². The molecule has 3 aromatic heterocycles. The van der Waals surface area contributed by atoms with Crippen molar-refractivity contribution in [3.05, 3.63) is 54.6 Å². The molecule has 2 amide bonds. The number of nitrogens with zero attached hydrogens (tertiary/aromatic N) is 4. The third-order valence-corrected chi connectivity index (χ3v) is 6.30. The Hall–Kier alpha value is -3.30. The molecule has 1 saturated heterocycles. The number of amides is 2. The number of rotatable bonds is 5. The lowest BCUT2D eigenvalue weighted by atomic mass is 9.86. The summed E-state index contributed by atoms with van der Waals surface area (Å²) in [6, 6.07) is 3.09. The van der Waals surface area contributed by atoms with Crippen molar-refractivity contribution >= 4 is 17.3 Å². The second-order valence-electron chi connectivity index (χ2n) is 8.32. The summed E-state index contributed by atoms with van der Waals surface area (Å²) in [5, 5.41) is 2.91. The number of nitrogens with one attached hydrogen (secondary N) is 2. The highest BCUT2D eigenvalue weighted by Crippen LogP contribution is 2.52. The predicted octanol–water partition coefficient (Wildman–Crippen LogP) is 2.36. The molecule has 3 aromatic rings. The molecule has 0 spiro atoms. The molecule has 0 radical (unpaired) electrons. The molecule has 3 atom stereocenters. The van der Waals surface area contributed by atoms with Gasteiger partial charge in [0.05, 0.1) is 23.6 Å². The third-order valence-electron chi connectivity index (χ3n) is 6.30. The zero-order chi connectivity index (χ0) is 21.6. The lowest BCUT2D eigenvalue weighted by molar-refractivity contribution is 0.0554. The van der Waals surface area contributed by atoms with Crippen molar-refractivity contribution < 1.29 is 18.4 Å². The van der Waals surface area contributed by atoms with Crippen LogP contribution < -0.4 is 5.32 Å². The smallest absolute Gasteiger partial charge is 0.287 e. The second kappa shape index (κ2) is 7.44. The number of carbonyl (C=O) groups is 2. The maximum absolute atomic E-state index is 13.5. The van der Waals surface area contributed by atoms with Gasteiger partial charge >= 0.3 is 0 Å². The molecule has 0 bridgehead atoms. The SMILES string of the molecule is O=C(N[C@@H]1CN(C(=O)c2cccn3cncc23)CC[C@H]1CC1CC1(F)F)c1ncc[nH]1. The molecular weight excluding hydrogens is 406 g/mol. The summed E-state index contributed by atoms with van der Waals surface area (Å²) < 4.78 is 28.8. The first kappa shape index (κ1) is 19.7. The van der Waals surface area contributed by atoms with Crippen molar-refractivity contribution in [2.24, 2.45) is 11.8 Å². The Morgan fingerprint density at radius 3 is 2.94 bits per heavy atom. The lowest BCUT2D eigenvalue weighted by Gasteiger charge is -2.39. The Bertz CT molecular complexity index is 1110. The number of fused-ring (bicyclic) bond motifs is 1. The molecule has 1 aliphatic carbocycles. The molecule has 4 heterocycles. The number of hydrogen-bond donors (Lipinski definition) is 2. The monoisotopic (exact) mass is 428 g/mol. The maximum atomic E-state index is 13.5. The number of aromatic amines is 1. The van der Waals surface area contributed by atoms with E-state index in [0.717, 1.165) is 0 Å². The number of aromatic nitrogens is 4. The van der Waals surface area contributed by atoms with E-state index in [1.807, 2.05) is 6.20 Å². The normalized spacial score (nSPS) is 24.8.